The maximum Gasteiger partial charge on any atom is 0.147 e. The molecule has 5 rings (SSSR count). The summed E-state index contributed by atoms with van der Waals surface area (Å²) in [5.74, 6) is 0.259. The molecule has 5 aromatic rings. The minimum Gasteiger partial charge on any atom is -0.508 e. The first-order valence-corrected chi connectivity index (χ1v) is 11.7. The van der Waals surface area contributed by atoms with Crippen LogP contribution in [-0.2, 0) is 10.8 Å². The van der Waals surface area contributed by atoms with Gasteiger partial charge in [-0.05, 0) is 34.9 Å². The van der Waals surface area contributed by atoms with Crippen molar-refractivity contribution in [1.82, 2.24) is 15.0 Å². The molecule has 0 aliphatic rings. The summed E-state index contributed by atoms with van der Waals surface area (Å²) in [5, 5.41) is 30.7. The molecular formula is C30H29N3O2. The molecule has 1 aromatic heterocycles. The third-order valence-electron chi connectivity index (χ3n) is 7.06. The van der Waals surface area contributed by atoms with Crippen LogP contribution in [0.25, 0.3) is 16.7 Å². The summed E-state index contributed by atoms with van der Waals surface area (Å²) >= 11 is 0. The van der Waals surface area contributed by atoms with Gasteiger partial charge in [-0.25, -0.2) is 0 Å². The average molecular weight is 464 g/mol. The lowest BCUT2D eigenvalue weighted by Gasteiger charge is -2.32. The Kier molecular flexibility index (Phi) is 5.36. The molecule has 0 fully saturated rings. The van der Waals surface area contributed by atoms with Gasteiger partial charge in [0.05, 0.1) is 0 Å². The molecule has 0 unspecified atom stereocenters. The molecule has 0 saturated carbocycles. The molecule has 0 aliphatic carbocycles. The van der Waals surface area contributed by atoms with Gasteiger partial charge in [-0.2, -0.15) is 0 Å². The van der Waals surface area contributed by atoms with Gasteiger partial charge in [0, 0.05) is 22.5 Å². The quantitative estimate of drug-likeness (QED) is 0.313. The van der Waals surface area contributed by atoms with E-state index in [2.05, 4.69) is 68.2 Å². The Labute approximate surface area is 205 Å². The Morgan fingerprint density at radius 3 is 1.80 bits per heavy atom. The molecule has 0 spiro atoms. The van der Waals surface area contributed by atoms with Gasteiger partial charge in [-0.3, -0.25) is 0 Å². The number of rotatable bonds is 5. The number of phenols is 2. The third-order valence-corrected chi connectivity index (χ3v) is 7.06. The van der Waals surface area contributed by atoms with E-state index in [4.69, 9.17) is 0 Å². The molecule has 0 saturated heterocycles. The predicted octanol–water partition coefficient (Wildman–Crippen LogP) is 6.48. The normalized spacial score (nSPS) is 12.2. The zero-order valence-corrected chi connectivity index (χ0v) is 20.4. The van der Waals surface area contributed by atoms with Crippen molar-refractivity contribution in [3.05, 3.63) is 113 Å². The molecule has 35 heavy (non-hydrogen) atoms. The highest BCUT2D eigenvalue weighted by molar-refractivity contribution is 5.76. The van der Waals surface area contributed by atoms with Crippen LogP contribution in [0.4, 0.5) is 0 Å². The number of aromatic hydroxyl groups is 2. The third kappa shape index (κ3) is 3.93. The number of hydrogen-bond acceptors (Lipinski definition) is 4. The van der Waals surface area contributed by atoms with E-state index in [1.165, 1.54) is 10.4 Å². The van der Waals surface area contributed by atoms with Crippen LogP contribution in [0.2, 0.25) is 0 Å². The second-order valence-electron chi connectivity index (χ2n) is 10.0. The van der Waals surface area contributed by atoms with Gasteiger partial charge in [-0.1, -0.05) is 94.4 Å². The van der Waals surface area contributed by atoms with E-state index < -0.39 is 5.41 Å². The Morgan fingerprint density at radius 1 is 0.600 bits per heavy atom. The van der Waals surface area contributed by atoms with Crippen LogP contribution >= 0.6 is 0 Å². The fourth-order valence-electron chi connectivity index (χ4n) is 4.65. The lowest BCUT2D eigenvalue weighted by Crippen LogP contribution is -2.24. The lowest BCUT2D eigenvalue weighted by atomic mass is 9.72. The van der Waals surface area contributed by atoms with Gasteiger partial charge < -0.3 is 10.2 Å². The monoisotopic (exact) mass is 463 g/mol. The van der Waals surface area contributed by atoms with Crippen LogP contribution in [0.1, 0.15) is 49.9 Å². The Hall–Kier alpha value is -4.12. The number of hydrogen-bond donors (Lipinski definition) is 2. The van der Waals surface area contributed by atoms with Crippen molar-refractivity contribution in [3.63, 3.8) is 0 Å². The number of phenolic OH excluding ortho intramolecular Hbond substituents is 2. The lowest BCUT2D eigenvalue weighted by molar-refractivity contribution is 0.445. The molecule has 176 valence electrons. The molecule has 0 radical (unpaired) electrons. The maximum absolute atomic E-state index is 11.6. The van der Waals surface area contributed by atoms with E-state index >= 15 is 0 Å². The minimum absolute atomic E-state index is 0.124. The van der Waals surface area contributed by atoms with Crippen molar-refractivity contribution in [3.8, 4) is 17.2 Å². The fraction of sp³-hybridized carbons (Fsp3) is 0.200. The highest BCUT2D eigenvalue weighted by Gasteiger charge is 2.32. The number of nitrogens with zero attached hydrogens (tertiary/aromatic N) is 3. The molecule has 5 heteroatoms. The van der Waals surface area contributed by atoms with E-state index in [9.17, 15) is 10.2 Å². The largest absolute Gasteiger partial charge is 0.508 e. The number of aromatic nitrogens is 3. The second kappa shape index (κ2) is 8.27. The number of fused-ring (bicyclic) bond motifs is 1. The standard InChI is InChI=1S/C30H29N3O2/c1-29(2,20-11-7-5-8-12-20)22-17-24(30(3,4)21-13-9-6-10-14-21)28(35)27(18-22)33-31-25-16-15-23(34)19-26(25)32-33/h5-19,34-35H,1-4H3. The van der Waals surface area contributed by atoms with Gasteiger partial charge in [-0.15, -0.1) is 15.0 Å². The smallest absolute Gasteiger partial charge is 0.147 e. The van der Waals surface area contributed by atoms with Crippen molar-refractivity contribution < 1.29 is 10.2 Å². The fourth-order valence-corrected chi connectivity index (χ4v) is 4.65. The van der Waals surface area contributed by atoms with Crippen molar-refractivity contribution in [2.75, 3.05) is 0 Å². The van der Waals surface area contributed by atoms with Gasteiger partial charge in [0.25, 0.3) is 0 Å². The first-order valence-electron chi connectivity index (χ1n) is 11.7. The summed E-state index contributed by atoms with van der Waals surface area (Å²) in [7, 11) is 0. The van der Waals surface area contributed by atoms with E-state index in [0.29, 0.717) is 16.7 Å². The first kappa shape index (κ1) is 22.7. The topological polar surface area (TPSA) is 71.2 Å². The Morgan fingerprint density at radius 2 is 1.17 bits per heavy atom. The van der Waals surface area contributed by atoms with Gasteiger partial charge in [0.1, 0.15) is 28.2 Å². The van der Waals surface area contributed by atoms with Crippen LogP contribution in [0, 0.1) is 0 Å². The second-order valence-corrected chi connectivity index (χ2v) is 10.0. The Bertz CT molecular complexity index is 1500. The molecule has 2 N–H and O–H groups in total. The van der Waals surface area contributed by atoms with Gasteiger partial charge in [0.15, 0.2) is 0 Å². The summed E-state index contributed by atoms with van der Waals surface area (Å²) in [6, 6.07) is 29.5. The molecule has 0 atom stereocenters. The summed E-state index contributed by atoms with van der Waals surface area (Å²) in [4.78, 5) is 1.47. The predicted molar refractivity (Wildman–Crippen MR) is 139 cm³/mol. The van der Waals surface area contributed by atoms with E-state index in [0.717, 1.165) is 16.7 Å². The van der Waals surface area contributed by atoms with Crippen molar-refractivity contribution in [2.45, 2.75) is 38.5 Å². The minimum atomic E-state index is -0.478. The SMILES string of the molecule is CC(C)(c1ccccc1)c1cc(-n2nc3ccc(O)cc3n2)c(O)c(C(C)(C)c2ccccc2)c1. The van der Waals surface area contributed by atoms with E-state index in [1.54, 1.807) is 18.2 Å². The molecule has 5 nitrogen and oxygen atoms in total. The zero-order chi connectivity index (χ0) is 24.8. The summed E-state index contributed by atoms with van der Waals surface area (Å²) < 4.78 is 0. The van der Waals surface area contributed by atoms with Crippen LogP contribution in [-0.4, -0.2) is 25.2 Å². The molecule has 0 aliphatic heterocycles. The Balaban J connectivity index is 1.78. The summed E-state index contributed by atoms with van der Waals surface area (Å²) in [5.41, 5.74) is 4.98. The van der Waals surface area contributed by atoms with Crippen LogP contribution in [0.3, 0.4) is 0 Å². The first-order chi connectivity index (χ1) is 16.7. The van der Waals surface area contributed by atoms with Gasteiger partial charge in [0.2, 0.25) is 0 Å². The average Bonchev–Trinajstić information content (AvgIpc) is 3.28. The molecule has 0 bridgehead atoms. The van der Waals surface area contributed by atoms with Crippen LogP contribution in [0.5, 0.6) is 11.5 Å². The molecule has 1 heterocycles. The highest BCUT2D eigenvalue weighted by atomic mass is 16.3. The van der Waals surface area contributed by atoms with Gasteiger partial charge >= 0.3 is 0 Å². The van der Waals surface area contributed by atoms with Crippen molar-refractivity contribution in [1.29, 1.82) is 0 Å². The van der Waals surface area contributed by atoms with Crippen molar-refractivity contribution >= 4 is 11.0 Å². The summed E-state index contributed by atoms with van der Waals surface area (Å²) in [6.45, 7) is 8.60. The zero-order valence-electron chi connectivity index (χ0n) is 20.4. The molecule has 4 aromatic carbocycles. The number of benzene rings is 4. The van der Waals surface area contributed by atoms with E-state index in [1.807, 2.05) is 42.5 Å². The van der Waals surface area contributed by atoms with Crippen LogP contribution in [0.15, 0.2) is 91.0 Å². The highest BCUT2D eigenvalue weighted by Crippen LogP contribution is 2.43. The maximum atomic E-state index is 11.6. The molecular weight excluding hydrogens is 434 g/mol. The summed E-state index contributed by atoms with van der Waals surface area (Å²) in [6.07, 6.45) is 0. The molecule has 0 amide bonds. The van der Waals surface area contributed by atoms with Crippen LogP contribution < -0.4 is 0 Å². The van der Waals surface area contributed by atoms with Crippen molar-refractivity contribution in [2.24, 2.45) is 0 Å². The van der Waals surface area contributed by atoms with E-state index in [-0.39, 0.29) is 16.9 Å².